The molecule has 2 rings (SSSR count). The summed E-state index contributed by atoms with van der Waals surface area (Å²) in [6.07, 6.45) is -0.0312. The van der Waals surface area contributed by atoms with Crippen molar-refractivity contribution in [1.29, 1.82) is 0 Å². The molecule has 5 nitrogen and oxygen atoms in total. The summed E-state index contributed by atoms with van der Waals surface area (Å²) in [6, 6.07) is 2.25. The number of hydrogen-bond acceptors (Lipinski definition) is 5. The third kappa shape index (κ3) is 1.54. The molecule has 0 spiro atoms. The number of nitrogens with one attached hydrogen (secondary N) is 1. The minimum Gasteiger partial charge on any atom is -0.508 e. The molecule has 1 heterocycles. The summed E-state index contributed by atoms with van der Waals surface area (Å²) in [4.78, 5) is 0. The van der Waals surface area contributed by atoms with Gasteiger partial charge in [-0.05, 0) is 0 Å². The predicted molar refractivity (Wildman–Crippen MR) is 48.7 cm³/mol. The molecule has 1 aromatic rings. The van der Waals surface area contributed by atoms with Gasteiger partial charge in [0.05, 0.1) is 0 Å². The first-order chi connectivity index (χ1) is 6.66. The second kappa shape index (κ2) is 3.26. The Bertz CT molecular complexity index is 326. The smallest absolute Gasteiger partial charge is 0.203 e. The van der Waals surface area contributed by atoms with Crippen LogP contribution in [0.4, 0.5) is 0 Å². The first-order valence-corrected chi connectivity index (χ1v) is 4.29. The lowest BCUT2D eigenvalue weighted by Crippen LogP contribution is -2.50. The fourth-order valence-corrected chi connectivity index (χ4v) is 1.22. The van der Waals surface area contributed by atoms with Crippen LogP contribution < -0.4 is 10.1 Å². The molecule has 0 aliphatic carbocycles. The molecule has 1 aliphatic heterocycles. The standard InChI is InChI=1S/C9H11NO4/c11-5-1-7(12)9(8(13)2-5)14-6-3-10-4-6/h1-2,6,10-13H,3-4H2. The van der Waals surface area contributed by atoms with Crippen LogP contribution in [0.5, 0.6) is 23.0 Å². The Balaban J connectivity index is 2.22. The zero-order chi connectivity index (χ0) is 10.1. The van der Waals surface area contributed by atoms with Crippen LogP contribution in [0.15, 0.2) is 12.1 Å². The molecule has 1 aliphatic rings. The van der Waals surface area contributed by atoms with E-state index in [1.54, 1.807) is 0 Å². The zero-order valence-electron chi connectivity index (χ0n) is 7.40. The molecule has 1 fully saturated rings. The van der Waals surface area contributed by atoms with Crippen molar-refractivity contribution in [2.45, 2.75) is 6.10 Å². The fraction of sp³-hybridized carbons (Fsp3) is 0.333. The second-order valence-electron chi connectivity index (χ2n) is 3.21. The van der Waals surface area contributed by atoms with E-state index in [1.807, 2.05) is 0 Å². The van der Waals surface area contributed by atoms with Crippen LogP contribution in [0.25, 0.3) is 0 Å². The van der Waals surface area contributed by atoms with Crippen molar-refractivity contribution in [3.8, 4) is 23.0 Å². The molecule has 0 saturated carbocycles. The lowest BCUT2D eigenvalue weighted by Gasteiger charge is -2.28. The maximum atomic E-state index is 9.38. The van der Waals surface area contributed by atoms with Gasteiger partial charge in [-0.2, -0.15) is 0 Å². The van der Waals surface area contributed by atoms with E-state index in [2.05, 4.69) is 5.32 Å². The van der Waals surface area contributed by atoms with E-state index >= 15 is 0 Å². The van der Waals surface area contributed by atoms with Crippen molar-refractivity contribution in [3.05, 3.63) is 12.1 Å². The molecule has 0 atom stereocenters. The highest BCUT2D eigenvalue weighted by molar-refractivity contribution is 5.54. The molecule has 0 unspecified atom stereocenters. The average Bonchev–Trinajstić information content (AvgIpc) is 1.98. The maximum absolute atomic E-state index is 9.38. The van der Waals surface area contributed by atoms with Gasteiger partial charge in [-0.25, -0.2) is 0 Å². The molecule has 0 aromatic heterocycles. The molecule has 14 heavy (non-hydrogen) atoms. The molecule has 1 aromatic carbocycles. The molecule has 76 valence electrons. The Kier molecular flexibility index (Phi) is 2.09. The Morgan fingerprint density at radius 2 is 1.71 bits per heavy atom. The topological polar surface area (TPSA) is 82.0 Å². The summed E-state index contributed by atoms with van der Waals surface area (Å²) < 4.78 is 5.29. The first-order valence-electron chi connectivity index (χ1n) is 4.29. The predicted octanol–water partition coefficient (Wildman–Crippen LogP) is 0.154. The van der Waals surface area contributed by atoms with Gasteiger partial charge in [0.2, 0.25) is 5.75 Å². The van der Waals surface area contributed by atoms with E-state index in [1.165, 1.54) is 0 Å². The van der Waals surface area contributed by atoms with E-state index in [4.69, 9.17) is 9.84 Å². The highest BCUT2D eigenvalue weighted by Crippen LogP contribution is 2.39. The Labute approximate surface area is 80.6 Å². The van der Waals surface area contributed by atoms with Gasteiger partial charge in [-0.15, -0.1) is 0 Å². The highest BCUT2D eigenvalue weighted by atomic mass is 16.5. The molecular formula is C9H11NO4. The van der Waals surface area contributed by atoms with Crippen molar-refractivity contribution < 1.29 is 20.1 Å². The molecule has 4 N–H and O–H groups in total. The van der Waals surface area contributed by atoms with Gasteiger partial charge in [0, 0.05) is 25.2 Å². The van der Waals surface area contributed by atoms with Crippen molar-refractivity contribution in [1.82, 2.24) is 5.32 Å². The van der Waals surface area contributed by atoms with Crippen LogP contribution >= 0.6 is 0 Å². The lowest BCUT2D eigenvalue weighted by atomic mass is 10.2. The zero-order valence-corrected chi connectivity index (χ0v) is 7.40. The minimum absolute atomic E-state index is 0.0225. The Hall–Kier alpha value is -1.62. The summed E-state index contributed by atoms with van der Waals surface area (Å²) in [5.41, 5.74) is 0. The molecule has 0 bridgehead atoms. The largest absolute Gasteiger partial charge is 0.508 e. The summed E-state index contributed by atoms with van der Waals surface area (Å²) in [5.74, 6) is -0.683. The maximum Gasteiger partial charge on any atom is 0.203 e. The number of aromatic hydroxyl groups is 3. The van der Waals surface area contributed by atoms with Crippen LogP contribution in [-0.2, 0) is 0 Å². The van der Waals surface area contributed by atoms with E-state index in [0.29, 0.717) is 13.1 Å². The Morgan fingerprint density at radius 1 is 1.14 bits per heavy atom. The van der Waals surface area contributed by atoms with Gasteiger partial charge in [-0.1, -0.05) is 0 Å². The molecular weight excluding hydrogens is 186 g/mol. The molecule has 0 radical (unpaired) electrons. The van der Waals surface area contributed by atoms with Crippen LogP contribution in [0, 0.1) is 0 Å². The third-order valence-corrected chi connectivity index (χ3v) is 2.06. The average molecular weight is 197 g/mol. The number of ether oxygens (including phenoxy) is 1. The summed E-state index contributed by atoms with van der Waals surface area (Å²) in [7, 11) is 0. The van der Waals surface area contributed by atoms with Crippen LogP contribution in [-0.4, -0.2) is 34.5 Å². The normalized spacial score (nSPS) is 16.3. The number of rotatable bonds is 2. The Morgan fingerprint density at radius 3 is 2.14 bits per heavy atom. The molecule has 5 heteroatoms. The van der Waals surface area contributed by atoms with Gasteiger partial charge in [-0.3, -0.25) is 0 Å². The fourth-order valence-electron chi connectivity index (χ4n) is 1.22. The first kappa shape index (κ1) is 8.96. The van der Waals surface area contributed by atoms with Crippen molar-refractivity contribution in [2.75, 3.05) is 13.1 Å². The second-order valence-corrected chi connectivity index (χ2v) is 3.21. The molecule has 1 saturated heterocycles. The van der Waals surface area contributed by atoms with Gasteiger partial charge in [0.25, 0.3) is 0 Å². The SMILES string of the molecule is Oc1cc(O)c(OC2CNC2)c(O)c1. The number of benzene rings is 1. The van der Waals surface area contributed by atoms with E-state index in [0.717, 1.165) is 12.1 Å². The summed E-state index contributed by atoms with van der Waals surface area (Å²) in [5, 5.41) is 30.8. The van der Waals surface area contributed by atoms with Crippen molar-refractivity contribution in [3.63, 3.8) is 0 Å². The van der Waals surface area contributed by atoms with Gasteiger partial charge < -0.3 is 25.4 Å². The molecule has 0 amide bonds. The van der Waals surface area contributed by atoms with Crippen LogP contribution in [0.3, 0.4) is 0 Å². The highest BCUT2D eigenvalue weighted by Gasteiger charge is 2.22. The monoisotopic (exact) mass is 197 g/mol. The summed E-state index contributed by atoms with van der Waals surface area (Å²) >= 11 is 0. The lowest BCUT2D eigenvalue weighted by molar-refractivity contribution is 0.132. The number of hydrogen-bond donors (Lipinski definition) is 4. The van der Waals surface area contributed by atoms with Crippen molar-refractivity contribution >= 4 is 0 Å². The minimum atomic E-state index is -0.255. The van der Waals surface area contributed by atoms with Crippen molar-refractivity contribution in [2.24, 2.45) is 0 Å². The van der Waals surface area contributed by atoms with E-state index in [9.17, 15) is 10.2 Å². The van der Waals surface area contributed by atoms with Gasteiger partial charge in [0.15, 0.2) is 11.5 Å². The third-order valence-electron chi connectivity index (χ3n) is 2.06. The van der Waals surface area contributed by atoms with Gasteiger partial charge >= 0.3 is 0 Å². The summed E-state index contributed by atoms with van der Waals surface area (Å²) in [6.45, 7) is 1.39. The van der Waals surface area contributed by atoms with E-state index in [-0.39, 0.29) is 29.1 Å². The number of phenolic OH excluding ortho intramolecular Hbond substituents is 3. The van der Waals surface area contributed by atoms with Gasteiger partial charge in [0.1, 0.15) is 11.9 Å². The van der Waals surface area contributed by atoms with E-state index < -0.39 is 0 Å². The van der Waals surface area contributed by atoms with Crippen LogP contribution in [0.2, 0.25) is 0 Å². The quantitative estimate of drug-likeness (QED) is 0.542. The van der Waals surface area contributed by atoms with Crippen LogP contribution in [0.1, 0.15) is 0 Å². The number of phenols is 3.